The van der Waals surface area contributed by atoms with Crippen molar-refractivity contribution in [2.75, 3.05) is 24.6 Å². The molecule has 1 saturated heterocycles. The van der Waals surface area contributed by atoms with Crippen LogP contribution in [0.3, 0.4) is 0 Å². The second kappa shape index (κ2) is 5.52. The minimum atomic E-state index is -0.398. The summed E-state index contributed by atoms with van der Waals surface area (Å²) in [7, 11) is 0. The van der Waals surface area contributed by atoms with E-state index in [9.17, 15) is 5.11 Å². The van der Waals surface area contributed by atoms with Gasteiger partial charge >= 0.3 is 0 Å². The average Bonchev–Trinajstić information content (AvgIpc) is 2.78. The van der Waals surface area contributed by atoms with E-state index in [0.29, 0.717) is 12.5 Å². The molecule has 17 heavy (non-hydrogen) atoms. The van der Waals surface area contributed by atoms with Crippen LogP contribution in [0, 0.1) is 5.92 Å². The van der Waals surface area contributed by atoms with Gasteiger partial charge in [-0.2, -0.15) is 0 Å². The van der Waals surface area contributed by atoms with Crippen molar-refractivity contribution in [2.24, 2.45) is 5.92 Å². The summed E-state index contributed by atoms with van der Waals surface area (Å²) in [5.74, 6) is 0.622. The maximum absolute atomic E-state index is 9.45. The van der Waals surface area contributed by atoms with Crippen molar-refractivity contribution in [2.45, 2.75) is 25.9 Å². The van der Waals surface area contributed by atoms with Gasteiger partial charge in [0.2, 0.25) is 0 Å². The molecule has 1 fully saturated rings. The molecule has 2 N–H and O–H groups in total. The standard InChI is InChI=1S/C14H21NO2/c1-11(17)13-2-4-14(5-3-13)15-8-6-12(10-15)7-9-16/h2-5,11-12,16-17H,6-10H2,1H3/t11-,12?/m0/s1. The van der Waals surface area contributed by atoms with Crippen LogP contribution in [-0.2, 0) is 0 Å². The van der Waals surface area contributed by atoms with Gasteiger partial charge in [-0.25, -0.2) is 0 Å². The van der Waals surface area contributed by atoms with Crippen molar-refractivity contribution >= 4 is 5.69 Å². The lowest BCUT2D eigenvalue weighted by molar-refractivity contribution is 0.199. The summed E-state index contributed by atoms with van der Waals surface area (Å²) in [6.07, 6.45) is 1.67. The molecular formula is C14H21NO2. The summed E-state index contributed by atoms with van der Waals surface area (Å²) in [5.41, 5.74) is 2.18. The smallest absolute Gasteiger partial charge is 0.0761 e. The molecule has 2 atom stereocenters. The van der Waals surface area contributed by atoms with Crippen molar-refractivity contribution in [1.29, 1.82) is 0 Å². The summed E-state index contributed by atoms with van der Waals surface area (Å²) < 4.78 is 0. The molecule has 1 aromatic carbocycles. The summed E-state index contributed by atoms with van der Waals surface area (Å²) in [5, 5.41) is 18.4. The Bertz CT molecular complexity index is 348. The third-order valence-corrected chi connectivity index (χ3v) is 3.56. The fourth-order valence-electron chi connectivity index (χ4n) is 2.45. The molecule has 1 heterocycles. The van der Waals surface area contributed by atoms with Gasteiger partial charge in [0.15, 0.2) is 0 Å². The summed E-state index contributed by atoms with van der Waals surface area (Å²) in [6.45, 7) is 4.18. The van der Waals surface area contributed by atoms with E-state index in [0.717, 1.165) is 25.1 Å². The van der Waals surface area contributed by atoms with Crippen molar-refractivity contribution in [3.8, 4) is 0 Å². The van der Waals surface area contributed by atoms with Crippen molar-refractivity contribution in [3.63, 3.8) is 0 Å². The molecule has 3 nitrogen and oxygen atoms in total. The van der Waals surface area contributed by atoms with Gasteiger partial charge in [0.1, 0.15) is 0 Å². The van der Waals surface area contributed by atoms with E-state index < -0.39 is 6.10 Å². The third kappa shape index (κ3) is 2.99. The first-order valence-electron chi connectivity index (χ1n) is 6.34. The van der Waals surface area contributed by atoms with Crippen molar-refractivity contribution < 1.29 is 10.2 Å². The zero-order valence-corrected chi connectivity index (χ0v) is 10.3. The van der Waals surface area contributed by atoms with E-state index in [-0.39, 0.29) is 0 Å². The molecular weight excluding hydrogens is 214 g/mol. The predicted molar refractivity (Wildman–Crippen MR) is 69.1 cm³/mol. The molecule has 0 spiro atoms. The number of aliphatic hydroxyl groups excluding tert-OH is 2. The molecule has 94 valence electrons. The van der Waals surface area contributed by atoms with Crippen LogP contribution in [0.4, 0.5) is 5.69 Å². The number of nitrogens with zero attached hydrogens (tertiary/aromatic N) is 1. The molecule has 1 unspecified atom stereocenters. The number of hydrogen-bond donors (Lipinski definition) is 2. The van der Waals surface area contributed by atoms with E-state index in [1.165, 1.54) is 12.1 Å². The zero-order chi connectivity index (χ0) is 12.3. The van der Waals surface area contributed by atoms with Crippen LogP contribution < -0.4 is 4.90 Å². The summed E-state index contributed by atoms with van der Waals surface area (Å²) in [4.78, 5) is 2.35. The molecule has 3 heteroatoms. The minimum absolute atomic E-state index is 0.291. The first-order valence-corrected chi connectivity index (χ1v) is 6.34. The largest absolute Gasteiger partial charge is 0.396 e. The van der Waals surface area contributed by atoms with Crippen LogP contribution in [0.1, 0.15) is 31.4 Å². The van der Waals surface area contributed by atoms with Crippen LogP contribution >= 0.6 is 0 Å². The van der Waals surface area contributed by atoms with E-state index in [1.807, 2.05) is 12.1 Å². The first kappa shape index (κ1) is 12.4. The molecule has 2 rings (SSSR count). The molecule has 0 aromatic heterocycles. The molecule has 1 aromatic rings. The Morgan fingerprint density at radius 3 is 2.65 bits per heavy atom. The Kier molecular flexibility index (Phi) is 4.02. The van der Waals surface area contributed by atoms with Crippen LogP contribution in [0.25, 0.3) is 0 Å². The molecule has 0 amide bonds. The highest BCUT2D eigenvalue weighted by Gasteiger charge is 2.21. The highest BCUT2D eigenvalue weighted by atomic mass is 16.3. The summed E-state index contributed by atoms with van der Waals surface area (Å²) >= 11 is 0. The van der Waals surface area contributed by atoms with Gasteiger partial charge < -0.3 is 15.1 Å². The van der Waals surface area contributed by atoms with Gasteiger partial charge in [0, 0.05) is 25.4 Å². The number of aliphatic hydroxyl groups is 2. The molecule has 0 bridgehead atoms. The Balaban J connectivity index is 1.99. The zero-order valence-electron chi connectivity index (χ0n) is 10.3. The molecule has 0 radical (unpaired) electrons. The normalized spacial score (nSPS) is 21.8. The fraction of sp³-hybridized carbons (Fsp3) is 0.571. The van der Waals surface area contributed by atoms with Crippen molar-refractivity contribution in [1.82, 2.24) is 0 Å². The highest BCUT2D eigenvalue weighted by Crippen LogP contribution is 2.26. The average molecular weight is 235 g/mol. The maximum atomic E-state index is 9.45. The monoisotopic (exact) mass is 235 g/mol. The second-order valence-electron chi connectivity index (χ2n) is 4.88. The lowest BCUT2D eigenvalue weighted by atomic mass is 10.1. The number of rotatable bonds is 4. The highest BCUT2D eigenvalue weighted by molar-refractivity contribution is 5.48. The molecule has 1 aliphatic rings. The van der Waals surface area contributed by atoms with Gasteiger partial charge in [-0.1, -0.05) is 12.1 Å². The molecule has 0 aliphatic carbocycles. The maximum Gasteiger partial charge on any atom is 0.0761 e. The van der Waals surface area contributed by atoms with Gasteiger partial charge in [0.05, 0.1) is 6.10 Å². The SMILES string of the molecule is C[C@H](O)c1ccc(N2CCC(CCO)C2)cc1. The minimum Gasteiger partial charge on any atom is -0.396 e. The lowest BCUT2D eigenvalue weighted by Crippen LogP contribution is -2.19. The van der Waals surface area contributed by atoms with Gasteiger partial charge in [0.25, 0.3) is 0 Å². The molecule has 0 saturated carbocycles. The second-order valence-corrected chi connectivity index (χ2v) is 4.88. The number of hydrogen-bond acceptors (Lipinski definition) is 3. The number of benzene rings is 1. The van der Waals surface area contributed by atoms with E-state index in [2.05, 4.69) is 17.0 Å². The Labute approximate surface area is 103 Å². The fourth-order valence-corrected chi connectivity index (χ4v) is 2.45. The van der Waals surface area contributed by atoms with Crippen molar-refractivity contribution in [3.05, 3.63) is 29.8 Å². The third-order valence-electron chi connectivity index (χ3n) is 3.56. The van der Waals surface area contributed by atoms with Gasteiger partial charge in [-0.15, -0.1) is 0 Å². The van der Waals surface area contributed by atoms with Crippen LogP contribution in [0.2, 0.25) is 0 Å². The van der Waals surface area contributed by atoms with Crippen LogP contribution in [0.5, 0.6) is 0 Å². The Morgan fingerprint density at radius 1 is 1.35 bits per heavy atom. The number of anilines is 1. The van der Waals surface area contributed by atoms with E-state index >= 15 is 0 Å². The molecule has 1 aliphatic heterocycles. The van der Waals surface area contributed by atoms with Crippen LogP contribution in [0.15, 0.2) is 24.3 Å². The Hall–Kier alpha value is -1.06. The van der Waals surface area contributed by atoms with E-state index in [1.54, 1.807) is 6.92 Å². The summed E-state index contributed by atoms with van der Waals surface area (Å²) in [6, 6.07) is 8.12. The predicted octanol–water partition coefficient (Wildman–Crippen LogP) is 1.95. The van der Waals surface area contributed by atoms with Gasteiger partial charge in [-0.3, -0.25) is 0 Å². The topological polar surface area (TPSA) is 43.7 Å². The van der Waals surface area contributed by atoms with Crippen LogP contribution in [-0.4, -0.2) is 29.9 Å². The quantitative estimate of drug-likeness (QED) is 0.838. The Morgan fingerprint density at radius 2 is 2.06 bits per heavy atom. The van der Waals surface area contributed by atoms with Gasteiger partial charge in [-0.05, 0) is 43.4 Å². The lowest BCUT2D eigenvalue weighted by Gasteiger charge is -2.19. The van der Waals surface area contributed by atoms with E-state index in [4.69, 9.17) is 5.11 Å². The first-order chi connectivity index (χ1) is 8.20.